The number of carbonyl (C=O) groups excluding carboxylic acids is 1. The second-order valence-corrected chi connectivity index (χ2v) is 3.92. The molecular formula is C11H25N3O. The molecule has 0 atom stereocenters. The molecule has 0 radical (unpaired) electrons. The first-order valence-electron chi connectivity index (χ1n) is 5.75. The highest BCUT2D eigenvalue weighted by Gasteiger charge is 2.10. The lowest BCUT2D eigenvalue weighted by Crippen LogP contribution is -2.40. The van der Waals surface area contributed by atoms with Crippen molar-refractivity contribution in [1.82, 2.24) is 15.1 Å². The maximum absolute atomic E-state index is 11.5. The Labute approximate surface area is 93.6 Å². The SMILES string of the molecule is CCCN(CCNCC)CC(=O)N(C)C. The quantitative estimate of drug-likeness (QED) is 0.595. The van der Waals surface area contributed by atoms with Crippen molar-refractivity contribution in [3.63, 3.8) is 0 Å². The van der Waals surface area contributed by atoms with Crippen molar-refractivity contribution in [3.05, 3.63) is 0 Å². The maximum atomic E-state index is 11.5. The Bertz CT molecular complexity index is 171. The molecule has 0 aliphatic rings. The summed E-state index contributed by atoms with van der Waals surface area (Å²) < 4.78 is 0. The fourth-order valence-electron chi connectivity index (χ4n) is 1.33. The molecule has 0 heterocycles. The van der Waals surface area contributed by atoms with Gasteiger partial charge in [0.15, 0.2) is 0 Å². The van der Waals surface area contributed by atoms with E-state index < -0.39 is 0 Å². The smallest absolute Gasteiger partial charge is 0.236 e. The molecule has 0 unspecified atom stereocenters. The van der Waals surface area contributed by atoms with Crippen LogP contribution in [-0.4, -0.2) is 62.5 Å². The van der Waals surface area contributed by atoms with E-state index in [1.807, 2.05) is 0 Å². The second kappa shape index (κ2) is 8.68. The van der Waals surface area contributed by atoms with E-state index in [2.05, 4.69) is 24.1 Å². The Morgan fingerprint density at radius 1 is 1.20 bits per heavy atom. The highest BCUT2D eigenvalue weighted by atomic mass is 16.2. The van der Waals surface area contributed by atoms with Crippen LogP contribution in [0.3, 0.4) is 0 Å². The average molecular weight is 215 g/mol. The number of likely N-dealkylation sites (N-methyl/N-ethyl adjacent to an activating group) is 2. The zero-order valence-corrected chi connectivity index (χ0v) is 10.5. The zero-order chi connectivity index (χ0) is 11.7. The first-order valence-corrected chi connectivity index (χ1v) is 5.75. The van der Waals surface area contributed by atoms with Crippen molar-refractivity contribution in [2.45, 2.75) is 20.3 Å². The Morgan fingerprint density at radius 2 is 1.87 bits per heavy atom. The number of hydrogen-bond donors (Lipinski definition) is 1. The lowest BCUT2D eigenvalue weighted by atomic mass is 10.3. The minimum atomic E-state index is 0.181. The van der Waals surface area contributed by atoms with Crippen LogP contribution >= 0.6 is 0 Å². The van der Waals surface area contributed by atoms with E-state index in [9.17, 15) is 4.79 Å². The predicted molar refractivity (Wildman–Crippen MR) is 64.0 cm³/mol. The summed E-state index contributed by atoms with van der Waals surface area (Å²) in [7, 11) is 3.60. The van der Waals surface area contributed by atoms with Crippen molar-refractivity contribution < 1.29 is 4.79 Å². The van der Waals surface area contributed by atoms with E-state index in [1.165, 1.54) is 0 Å². The van der Waals surface area contributed by atoms with Crippen LogP contribution in [0.2, 0.25) is 0 Å². The highest BCUT2D eigenvalue weighted by molar-refractivity contribution is 5.77. The molecule has 0 saturated heterocycles. The number of amides is 1. The minimum absolute atomic E-state index is 0.181. The normalized spacial score (nSPS) is 10.7. The van der Waals surface area contributed by atoms with Crippen molar-refractivity contribution in [3.8, 4) is 0 Å². The first-order chi connectivity index (χ1) is 7.11. The molecule has 90 valence electrons. The predicted octanol–water partition coefficient (Wildman–Crippen LogP) is 0.396. The standard InChI is InChI=1S/C11H25N3O/c1-5-8-14(9-7-12-6-2)10-11(15)13(3)4/h12H,5-10H2,1-4H3. The summed E-state index contributed by atoms with van der Waals surface area (Å²) in [5.41, 5.74) is 0. The van der Waals surface area contributed by atoms with Gasteiger partial charge in [0.1, 0.15) is 0 Å². The third-order valence-corrected chi connectivity index (χ3v) is 2.25. The van der Waals surface area contributed by atoms with E-state index in [1.54, 1.807) is 19.0 Å². The van der Waals surface area contributed by atoms with Crippen LogP contribution < -0.4 is 5.32 Å². The lowest BCUT2D eigenvalue weighted by molar-refractivity contribution is -0.129. The lowest BCUT2D eigenvalue weighted by Gasteiger charge is -2.22. The Kier molecular flexibility index (Phi) is 8.33. The molecule has 0 saturated carbocycles. The topological polar surface area (TPSA) is 35.6 Å². The zero-order valence-electron chi connectivity index (χ0n) is 10.5. The maximum Gasteiger partial charge on any atom is 0.236 e. The average Bonchev–Trinajstić information content (AvgIpc) is 2.18. The van der Waals surface area contributed by atoms with Gasteiger partial charge in [-0.2, -0.15) is 0 Å². The van der Waals surface area contributed by atoms with Gasteiger partial charge in [-0.15, -0.1) is 0 Å². The van der Waals surface area contributed by atoms with Crippen molar-refractivity contribution in [2.75, 3.05) is 46.8 Å². The molecule has 0 bridgehead atoms. The van der Waals surface area contributed by atoms with E-state index in [-0.39, 0.29) is 5.91 Å². The van der Waals surface area contributed by atoms with Gasteiger partial charge in [-0.1, -0.05) is 13.8 Å². The Balaban J connectivity index is 3.86. The van der Waals surface area contributed by atoms with Gasteiger partial charge in [0.2, 0.25) is 5.91 Å². The van der Waals surface area contributed by atoms with E-state index in [0.29, 0.717) is 6.54 Å². The van der Waals surface area contributed by atoms with Crippen molar-refractivity contribution >= 4 is 5.91 Å². The van der Waals surface area contributed by atoms with Gasteiger partial charge in [0.05, 0.1) is 6.54 Å². The Morgan fingerprint density at radius 3 is 2.33 bits per heavy atom. The summed E-state index contributed by atoms with van der Waals surface area (Å²) in [6.45, 7) is 8.65. The van der Waals surface area contributed by atoms with E-state index in [0.717, 1.165) is 32.6 Å². The molecule has 0 aliphatic heterocycles. The summed E-state index contributed by atoms with van der Waals surface area (Å²) >= 11 is 0. The van der Waals surface area contributed by atoms with Gasteiger partial charge < -0.3 is 10.2 Å². The molecule has 0 fully saturated rings. The number of nitrogens with zero attached hydrogens (tertiary/aromatic N) is 2. The summed E-state index contributed by atoms with van der Waals surface area (Å²) in [4.78, 5) is 15.4. The van der Waals surface area contributed by atoms with Crippen LogP contribution in [0.15, 0.2) is 0 Å². The molecular weight excluding hydrogens is 190 g/mol. The summed E-state index contributed by atoms with van der Waals surface area (Å²) in [6.07, 6.45) is 1.09. The van der Waals surface area contributed by atoms with E-state index in [4.69, 9.17) is 0 Å². The molecule has 0 aliphatic carbocycles. The minimum Gasteiger partial charge on any atom is -0.348 e. The molecule has 1 N–H and O–H groups in total. The van der Waals surface area contributed by atoms with Crippen LogP contribution in [0.1, 0.15) is 20.3 Å². The molecule has 0 aromatic heterocycles. The molecule has 0 aromatic rings. The van der Waals surface area contributed by atoms with Gasteiger partial charge in [0.25, 0.3) is 0 Å². The summed E-state index contributed by atoms with van der Waals surface area (Å²) in [6, 6.07) is 0. The molecule has 4 nitrogen and oxygen atoms in total. The molecule has 0 aromatic carbocycles. The molecule has 4 heteroatoms. The second-order valence-electron chi connectivity index (χ2n) is 3.92. The van der Waals surface area contributed by atoms with Crippen LogP contribution in [0.25, 0.3) is 0 Å². The van der Waals surface area contributed by atoms with Crippen LogP contribution in [0, 0.1) is 0 Å². The largest absolute Gasteiger partial charge is 0.348 e. The van der Waals surface area contributed by atoms with E-state index >= 15 is 0 Å². The van der Waals surface area contributed by atoms with Crippen molar-refractivity contribution in [2.24, 2.45) is 0 Å². The van der Waals surface area contributed by atoms with Gasteiger partial charge in [-0.3, -0.25) is 9.69 Å². The third-order valence-electron chi connectivity index (χ3n) is 2.25. The van der Waals surface area contributed by atoms with Gasteiger partial charge in [-0.05, 0) is 19.5 Å². The molecule has 1 amide bonds. The monoisotopic (exact) mass is 215 g/mol. The fraction of sp³-hybridized carbons (Fsp3) is 0.909. The number of carbonyl (C=O) groups is 1. The number of rotatable bonds is 8. The van der Waals surface area contributed by atoms with Gasteiger partial charge in [0, 0.05) is 27.2 Å². The number of hydrogen-bond acceptors (Lipinski definition) is 3. The van der Waals surface area contributed by atoms with Crippen LogP contribution in [-0.2, 0) is 4.79 Å². The van der Waals surface area contributed by atoms with Gasteiger partial charge in [-0.25, -0.2) is 0 Å². The highest BCUT2D eigenvalue weighted by Crippen LogP contribution is 1.92. The summed E-state index contributed by atoms with van der Waals surface area (Å²) in [5, 5.41) is 3.27. The summed E-state index contributed by atoms with van der Waals surface area (Å²) in [5.74, 6) is 0.181. The van der Waals surface area contributed by atoms with Crippen LogP contribution in [0.5, 0.6) is 0 Å². The fourth-order valence-corrected chi connectivity index (χ4v) is 1.33. The number of nitrogens with one attached hydrogen (secondary N) is 1. The third kappa shape index (κ3) is 7.33. The van der Waals surface area contributed by atoms with Gasteiger partial charge >= 0.3 is 0 Å². The molecule has 0 spiro atoms. The van der Waals surface area contributed by atoms with Crippen molar-refractivity contribution in [1.29, 1.82) is 0 Å². The first kappa shape index (κ1) is 14.4. The molecule has 0 rings (SSSR count). The van der Waals surface area contributed by atoms with Crippen LogP contribution in [0.4, 0.5) is 0 Å². The molecule has 15 heavy (non-hydrogen) atoms. The Hall–Kier alpha value is -0.610.